The van der Waals surface area contributed by atoms with Crippen LogP contribution in [0.4, 0.5) is 0 Å². The van der Waals surface area contributed by atoms with Crippen molar-refractivity contribution in [3.05, 3.63) is 0 Å². The van der Waals surface area contributed by atoms with E-state index >= 15 is 0 Å². The number of rotatable bonds is 7. The predicted octanol–water partition coefficient (Wildman–Crippen LogP) is 4.84. The molecule has 0 radical (unpaired) electrons. The second-order valence-corrected chi connectivity index (χ2v) is 6.55. The molecule has 1 saturated carbocycles. The van der Waals surface area contributed by atoms with Gasteiger partial charge in [-0.3, -0.25) is 0 Å². The van der Waals surface area contributed by atoms with Gasteiger partial charge in [-0.15, -0.1) is 0 Å². The molecule has 0 N–H and O–H groups in total. The van der Waals surface area contributed by atoms with E-state index in [9.17, 15) is 0 Å². The summed E-state index contributed by atoms with van der Waals surface area (Å²) >= 11 is 3.79. The number of nitrogens with zero attached hydrogens (tertiary/aromatic N) is 1. The Hall–Kier alpha value is 0.440. The van der Waals surface area contributed by atoms with Crippen LogP contribution in [0.15, 0.2) is 0 Å². The molecule has 0 aromatic heterocycles. The van der Waals surface area contributed by atoms with Gasteiger partial charge in [0.05, 0.1) is 0 Å². The van der Waals surface area contributed by atoms with E-state index in [1.807, 2.05) is 0 Å². The molecule has 0 saturated heterocycles. The highest BCUT2D eigenvalue weighted by atomic mass is 79.9. The fraction of sp³-hybridized carbons (Fsp3) is 1.00. The maximum Gasteiger partial charge on any atom is 0.0100 e. The van der Waals surface area contributed by atoms with E-state index < -0.39 is 0 Å². The minimum Gasteiger partial charge on any atom is -0.306 e. The van der Waals surface area contributed by atoms with Crippen molar-refractivity contribution in [1.29, 1.82) is 0 Å². The summed E-state index contributed by atoms with van der Waals surface area (Å²) in [6.45, 7) is 4.86. The van der Waals surface area contributed by atoms with Crippen molar-refractivity contribution in [1.82, 2.24) is 4.90 Å². The van der Waals surface area contributed by atoms with Crippen LogP contribution in [-0.4, -0.2) is 30.4 Å². The average molecular weight is 304 g/mol. The molecule has 0 amide bonds. The van der Waals surface area contributed by atoms with Gasteiger partial charge in [-0.25, -0.2) is 0 Å². The van der Waals surface area contributed by atoms with Gasteiger partial charge in [-0.1, -0.05) is 61.4 Å². The van der Waals surface area contributed by atoms with Crippen molar-refractivity contribution in [2.75, 3.05) is 25.5 Å². The van der Waals surface area contributed by atoms with Gasteiger partial charge in [-0.05, 0) is 38.3 Å². The first kappa shape index (κ1) is 15.5. The van der Waals surface area contributed by atoms with E-state index in [-0.39, 0.29) is 0 Å². The third-order valence-corrected chi connectivity index (χ3v) is 5.39. The van der Waals surface area contributed by atoms with Crippen LogP contribution in [0, 0.1) is 5.41 Å². The largest absolute Gasteiger partial charge is 0.306 e. The minimum atomic E-state index is 0.567. The molecule has 0 aromatic rings. The first-order valence-corrected chi connectivity index (χ1v) is 8.59. The van der Waals surface area contributed by atoms with Gasteiger partial charge in [0.1, 0.15) is 0 Å². The van der Waals surface area contributed by atoms with Gasteiger partial charge in [0.2, 0.25) is 0 Å². The van der Waals surface area contributed by atoms with Gasteiger partial charge >= 0.3 is 0 Å². The van der Waals surface area contributed by atoms with Crippen molar-refractivity contribution < 1.29 is 0 Å². The van der Waals surface area contributed by atoms with E-state index in [4.69, 9.17) is 0 Å². The van der Waals surface area contributed by atoms with Gasteiger partial charge in [0.15, 0.2) is 0 Å². The summed E-state index contributed by atoms with van der Waals surface area (Å²) in [5.41, 5.74) is 0.567. The molecule has 0 unspecified atom stereocenters. The Bertz CT molecular complexity index is 185. The van der Waals surface area contributed by atoms with Crippen molar-refractivity contribution >= 4 is 15.9 Å². The predicted molar refractivity (Wildman–Crippen MR) is 81.0 cm³/mol. The molecule has 0 bridgehead atoms. The molecule has 0 heterocycles. The molecule has 2 heteroatoms. The Labute approximate surface area is 116 Å². The Morgan fingerprint density at radius 2 is 1.71 bits per heavy atom. The SMILES string of the molecule is CCCCCN(C)CC1(CBr)CCCCCC1. The summed E-state index contributed by atoms with van der Waals surface area (Å²) in [5, 5.41) is 1.19. The van der Waals surface area contributed by atoms with Crippen LogP contribution in [-0.2, 0) is 0 Å². The smallest absolute Gasteiger partial charge is 0.0100 e. The lowest BCUT2D eigenvalue weighted by Gasteiger charge is -2.35. The van der Waals surface area contributed by atoms with Crippen LogP contribution < -0.4 is 0 Å². The average Bonchev–Trinajstić information content (AvgIpc) is 2.56. The lowest BCUT2D eigenvalue weighted by molar-refractivity contribution is 0.174. The summed E-state index contributed by atoms with van der Waals surface area (Å²) in [4.78, 5) is 2.57. The van der Waals surface area contributed by atoms with Crippen LogP contribution in [0.2, 0.25) is 0 Å². The van der Waals surface area contributed by atoms with Crippen LogP contribution in [0.25, 0.3) is 0 Å². The van der Waals surface area contributed by atoms with Crippen molar-refractivity contribution in [3.63, 3.8) is 0 Å². The maximum atomic E-state index is 3.79. The zero-order valence-electron chi connectivity index (χ0n) is 11.8. The first-order chi connectivity index (χ1) is 8.22. The summed E-state index contributed by atoms with van der Waals surface area (Å²) in [6.07, 6.45) is 12.7. The van der Waals surface area contributed by atoms with Crippen molar-refractivity contribution in [2.24, 2.45) is 5.41 Å². The number of hydrogen-bond donors (Lipinski definition) is 0. The highest BCUT2D eigenvalue weighted by Gasteiger charge is 2.30. The van der Waals surface area contributed by atoms with Crippen LogP contribution in [0.3, 0.4) is 0 Å². The Morgan fingerprint density at radius 3 is 2.24 bits per heavy atom. The first-order valence-electron chi connectivity index (χ1n) is 7.47. The van der Waals surface area contributed by atoms with Gasteiger partial charge in [0, 0.05) is 11.9 Å². The van der Waals surface area contributed by atoms with Crippen LogP contribution in [0.1, 0.15) is 64.7 Å². The quantitative estimate of drug-likeness (QED) is 0.369. The molecule has 0 spiro atoms. The molecule has 1 aliphatic carbocycles. The molecule has 0 atom stereocenters. The standard InChI is InChI=1S/C15H30BrN/c1-3-4-9-12-17(2)14-15(13-16)10-7-5-6-8-11-15/h3-14H2,1-2H3. The van der Waals surface area contributed by atoms with E-state index in [1.165, 1.54) is 76.2 Å². The summed E-state index contributed by atoms with van der Waals surface area (Å²) < 4.78 is 0. The van der Waals surface area contributed by atoms with Crippen molar-refractivity contribution in [2.45, 2.75) is 64.7 Å². The van der Waals surface area contributed by atoms with Crippen LogP contribution in [0.5, 0.6) is 0 Å². The third kappa shape index (κ3) is 5.74. The minimum absolute atomic E-state index is 0.567. The normalized spacial score (nSPS) is 20.5. The Balaban J connectivity index is 2.37. The van der Waals surface area contributed by atoms with E-state index in [0.717, 1.165) is 0 Å². The molecule has 1 fully saturated rings. The zero-order chi connectivity index (χ0) is 12.6. The topological polar surface area (TPSA) is 3.24 Å². The fourth-order valence-corrected chi connectivity index (χ4v) is 3.83. The molecular weight excluding hydrogens is 274 g/mol. The molecule has 102 valence electrons. The van der Waals surface area contributed by atoms with Crippen molar-refractivity contribution in [3.8, 4) is 0 Å². The van der Waals surface area contributed by atoms with E-state index in [2.05, 4.69) is 34.8 Å². The summed E-state index contributed by atoms with van der Waals surface area (Å²) in [7, 11) is 2.31. The van der Waals surface area contributed by atoms with Gasteiger partial charge < -0.3 is 4.90 Å². The summed E-state index contributed by atoms with van der Waals surface area (Å²) in [6, 6.07) is 0. The second-order valence-electron chi connectivity index (χ2n) is 5.99. The van der Waals surface area contributed by atoms with Gasteiger partial charge in [-0.2, -0.15) is 0 Å². The highest BCUT2D eigenvalue weighted by Crippen LogP contribution is 2.37. The lowest BCUT2D eigenvalue weighted by atomic mass is 9.82. The number of halogens is 1. The number of unbranched alkanes of at least 4 members (excludes halogenated alkanes) is 2. The maximum absolute atomic E-state index is 3.79. The zero-order valence-corrected chi connectivity index (χ0v) is 13.4. The molecule has 1 nitrogen and oxygen atoms in total. The monoisotopic (exact) mass is 303 g/mol. The number of alkyl halides is 1. The van der Waals surface area contributed by atoms with E-state index in [0.29, 0.717) is 5.41 Å². The molecule has 0 aromatic carbocycles. The Morgan fingerprint density at radius 1 is 1.06 bits per heavy atom. The molecule has 17 heavy (non-hydrogen) atoms. The Kier molecular flexibility index (Phi) is 7.77. The second kappa shape index (κ2) is 8.53. The fourth-order valence-electron chi connectivity index (χ4n) is 3.10. The van der Waals surface area contributed by atoms with E-state index in [1.54, 1.807) is 0 Å². The molecule has 0 aliphatic heterocycles. The van der Waals surface area contributed by atoms with Crippen LogP contribution >= 0.6 is 15.9 Å². The number of hydrogen-bond acceptors (Lipinski definition) is 1. The molecule has 1 aliphatic rings. The molecule has 1 rings (SSSR count). The third-order valence-electron chi connectivity index (χ3n) is 4.20. The van der Waals surface area contributed by atoms with Gasteiger partial charge in [0.25, 0.3) is 0 Å². The highest BCUT2D eigenvalue weighted by molar-refractivity contribution is 9.09. The summed E-state index contributed by atoms with van der Waals surface area (Å²) in [5.74, 6) is 0. The lowest BCUT2D eigenvalue weighted by Crippen LogP contribution is -2.37. The molecular formula is C15H30BrN.